The van der Waals surface area contributed by atoms with Crippen LogP contribution in [-0.2, 0) is 10.2 Å². The summed E-state index contributed by atoms with van der Waals surface area (Å²) in [5.74, 6) is -0.811. The van der Waals surface area contributed by atoms with Crippen LogP contribution in [0.3, 0.4) is 0 Å². The van der Waals surface area contributed by atoms with Gasteiger partial charge in [-0.25, -0.2) is 0 Å². The first-order valence-corrected chi connectivity index (χ1v) is 7.14. The number of carboxylic acids is 1. The first-order valence-electron chi connectivity index (χ1n) is 7.14. The minimum absolute atomic E-state index is 0.0724. The van der Waals surface area contributed by atoms with Crippen LogP contribution < -0.4 is 0 Å². The molecule has 0 radical (unpaired) electrons. The van der Waals surface area contributed by atoms with E-state index in [9.17, 15) is 4.79 Å². The van der Waals surface area contributed by atoms with Gasteiger partial charge in [0.15, 0.2) is 0 Å². The third-order valence-electron chi connectivity index (χ3n) is 4.04. The zero-order chi connectivity index (χ0) is 15.5. The van der Waals surface area contributed by atoms with Gasteiger partial charge >= 0.3 is 5.97 Å². The summed E-state index contributed by atoms with van der Waals surface area (Å²) in [4.78, 5) is 15.1. The average Bonchev–Trinajstić information content (AvgIpc) is 2.46. The monoisotopic (exact) mass is 283 g/mol. The molecule has 2 aromatic rings. The largest absolute Gasteiger partial charge is 0.481 e. The number of aliphatic carboxylic acids is 1. The Kier molecular flexibility index (Phi) is 4.41. The number of aliphatic imine (C=N–C) groups is 1. The van der Waals surface area contributed by atoms with Crippen molar-refractivity contribution in [2.24, 2.45) is 4.99 Å². The molecule has 2 rings (SSSR count). The lowest BCUT2D eigenvalue weighted by atomic mass is 9.78. The Labute approximate surface area is 125 Å². The lowest BCUT2D eigenvalue weighted by Gasteiger charge is -2.27. The predicted molar refractivity (Wildman–Crippen MR) is 87.2 cm³/mol. The lowest BCUT2D eigenvalue weighted by molar-refractivity contribution is -0.136. The summed E-state index contributed by atoms with van der Waals surface area (Å²) in [6.45, 7) is 6.57. The fourth-order valence-electron chi connectivity index (χ4n) is 2.48. The summed E-state index contributed by atoms with van der Waals surface area (Å²) >= 11 is 0. The number of fused-ring (bicyclic) bond motifs is 1. The second-order valence-electron chi connectivity index (χ2n) is 5.76. The molecule has 0 atom stereocenters. The molecule has 1 N–H and O–H groups in total. The summed E-state index contributed by atoms with van der Waals surface area (Å²) in [5.41, 5.74) is 1.96. The van der Waals surface area contributed by atoms with Crippen LogP contribution >= 0.6 is 0 Å². The van der Waals surface area contributed by atoms with E-state index in [4.69, 9.17) is 5.11 Å². The van der Waals surface area contributed by atoms with Crippen LogP contribution in [-0.4, -0.2) is 23.3 Å². The Morgan fingerprint density at radius 1 is 1.14 bits per heavy atom. The molecule has 0 aliphatic heterocycles. The van der Waals surface area contributed by atoms with Crippen LogP contribution in [0.15, 0.2) is 47.5 Å². The molecule has 0 aliphatic rings. The van der Waals surface area contributed by atoms with Crippen LogP contribution in [0.5, 0.6) is 0 Å². The van der Waals surface area contributed by atoms with E-state index >= 15 is 0 Å². The van der Waals surface area contributed by atoms with Crippen molar-refractivity contribution in [2.75, 3.05) is 6.54 Å². The van der Waals surface area contributed by atoms with Gasteiger partial charge in [0, 0.05) is 17.7 Å². The van der Waals surface area contributed by atoms with Crippen molar-refractivity contribution in [3.05, 3.63) is 48.0 Å². The van der Waals surface area contributed by atoms with Gasteiger partial charge in [0.25, 0.3) is 0 Å². The summed E-state index contributed by atoms with van der Waals surface area (Å²) < 4.78 is 0. The zero-order valence-electron chi connectivity index (χ0n) is 12.8. The molecule has 21 heavy (non-hydrogen) atoms. The number of carbonyl (C=O) groups is 1. The van der Waals surface area contributed by atoms with Crippen LogP contribution in [0.1, 0.15) is 32.8 Å². The molecule has 0 bridgehead atoms. The minimum Gasteiger partial charge on any atom is -0.481 e. The van der Waals surface area contributed by atoms with Gasteiger partial charge in [0.05, 0.1) is 6.42 Å². The van der Waals surface area contributed by atoms with Crippen molar-refractivity contribution in [3.8, 4) is 0 Å². The fraction of sp³-hybridized carbons (Fsp3) is 0.333. The standard InChI is InChI=1S/C18H21NO2/c1-13(19-12-11-17(20)21)18(2,3)16-10-6-8-14-7-4-5-9-15(14)16/h4-10H,11-12H2,1-3H3,(H,20,21). The highest BCUT2D eigenvalue weighted by atomic mass is 16.4. The molecule has 0 amide bonds. The van der Waals surface area contributed by atoms with Gasteiger partial charge in [-0.15, -0.1) is 0 Å². The highest BCUT2D eigenvalue weighted by Gasteiger charge is 2.25. The molecule has 2 aromatic carbocycles. The van der Waals surface area contributed by atoms with E-state index in [1.807, 2.05) is 19.1 Å². The van der Waals surface area contributed by atoms with Crippen LogP contribution in [0.4, 0.5) is 0 Å². The SMILES string of the molecule is CC(=NCCC(=O)O)C(C)(C)c1cccc2ccccc12. The van der Waals surface area contributed by atoms with Crippen LogP contribution in [0.25, 0.3) is 10.8 Å². The molecule has 0 saturated heterocycles. The number of benzene rings is 2. The molecule has 110 valence electrons. The zero-order valence-corrected chi connectivity index (χ0v) is 12.8. The number of carboxylic acid groups (broad SMARTS) is 1. The molecular weight excluding hydrogens is 262 g/mol. The van der Waals surface area contributed by atoms with E-state index in [1.54, 1.807) is 0 Å². The Morgan fingerprint density at radius 2 is 1.81 bits per heavy atom. The van der Waals surface area contributed by atoms with Crippen molar-refractivity contribution < 1.29 is 9.90 Å². The molecule has 0 heterocycles. The van der Waals surface area contributed by atoms with Crippen molar-refractivity contribution >= 4 is 22.5 Å². The maximum atomic E-state index is 10.6. The van der Waals surface area contributed by atoms with E-state index in [0.29, 0.717) is 6.54 Å². The minimum atomic E-state index is -0.811. The lowest BCUT2D eigenvalue weighted by Crippen LogP contribution is -2.27. The quantitative estimate of drug-likeness (QED) is 0.841. The molecule has 0 aliphatic carbocycles. The number of hydrogen-bond acceptors (Lipinski definition) is 2. The topological polar surface area (TPSA) is 49.7 Å². The van der Waals surface area contributed by atoms with E-state index in [2.05, 4.69) is 49.2 Å². The van der Waals surface area contributed by atoms with Gasteiger partial charge in [-0.2, -0.15) is 0 Å². The van der Waals surface area contributed by atoms with E-state index in [-0.39, 0.29) is 11.8 Å². The number of nitrogens with zero attached hydrogens (tertiary/aromatic N) is 1. The normalized spacial score (nSPS) is 12.6. The highest BCUT2D eigenvalue weighted by Crippen LogP contribution is 2.31. The summed E-state index contributed by atoms with van der Waals surface area (Å²) in [7, 11) is 0. The Morgan fingerprint density at radius 3 is 2.52 bits per heavy atom. The van der Waals surface area contributed by atoms with Crippen LogP contribution in [0, 0.1) is 0 Å². The third-order valence-corrected chi connectivity index (χ3v) is 4.04. The molecule has 3 nitrogen and oxygen atoms in total. The fourth-order valence-corrected chi connectivity index (χ4v) is 2.48. The molecule has 0 aromatic heterocycles. The maximum absolute atomic E-state index is 10.6. The number of hydrogen-bond donors (Lipinski definition) is 1. The van der Waals surface area contributed by atoms with Crippen molar-refractivity contribution in [1.82, 2.24) is 0 Å². The average molecular weight is 283 g/mol. The van der Waals surface area contributed by atoms with Gasteiger partial charge in [-0.05, 0) is 23.3 Å². The van der Waals surface area contributed by atoms with Crippen molar-refractivity contribution in [2.45, 2.75) is 32.6 Å². The number of rotatable bonds is 5. The van der Waals surface area contributed by atoms with Gasteiger partial charge in [0.1, 0.15) is 0 Å². The van der Waals surface area contributed by atoms with Gasteiger partial charge in [-0.3, -0.25) is 9.79 Å². The molecular formula is C18H21NO2. The van der Waals surface area contributed by atoms with Crippen LogP contribution in [0.2, 0.25) is 0 Å². The van der Waals surface area contributed by atoms with E-state index < -0.39 is 5.97 Å². The Balaban J connectivity index is 2.39. The smallest absolute Gasteiger partial charge is 0.305 e. The highest BCUT2D eigenvalue weighted by molar-refractivity contribution is 5.98. The summed E-state index contributed by atoms with van der Waals surface area (Å²) in [5, 5.41) is 11.1. The van der Waals surface area contributed by atoms with Gasteiger partial charge in [0.2, 0.25) is 0 Å². The van der Waals surface area contributed by atoms with Crippen molar-refractivity contribution in [3.63, 3.8) is 0 Å². The second kappa shape index (κ2) is 6.08. The summed E-state index contributed by atoms with van der Waals surface area (Å²) in [6, 6.07) is 14.6. The first-order chi connectivity index (χ1) is 9.93. The van der Waals surface area contributed by atoms with E-state index in [1.165, 1.54) is 16.3 Å². The Hall–Kier alpha value is -2.16. The molecule has 0 unspecified atom stereocenters. The predicted octanol–water partition coefficient (Wildman–Crippen LogP) is 4.05. The third kappa shape index (κ3) is 3.30. The van der Waals surface area contributed by atoms with Gasteiger partial charge in [-0.1, -0.05) is 56.3 Å². The molecule has 0 fully saturated rings. The maximum Gasteiger partial charge on any atom is 0.305 e. The van der Waals surface area contributed by atoms with Gasteiger partial charge < -0.3 is 5.11 Å². The Bertz CT molecular complexity index is 681. The van der Waals surface area contributed by atoms with Crippen molar-refractivity contribution in [1.29, 1.82) is 0 Å². The molecule has 0 saturated carbocycles. The van der Waals surface area contributed by atoms with E-state index in [0.717, 1.165) is 5.71 Å². The summed E-state index contributed by atoms with van der Waals surface area (Å²) in [6.07, 6.45) is 0.0724. The molecule has 0 spiro atoms. The first kappa shape index (κ1) is 15.2. The molecule has 3 heteroatoms. The second-order valence-corrected chi connectivity index (χ2v) is 5.76.